The predicted molar refractivity (Wildman–Crippen MR) is 102 cm³/mol. The van der Waals surface area contributed by atoms with Crippen LogP contribution < -0.4 is 4.74 Å². The number of hydrogen-bond donors (Lipinski definition) is 1. The van der Waals surface area contributed by atoms with Gasteiger partial charge in [0.2, 0.25) is 0 Å². The lowest BCUT2D eigenvalue weighted by Crippen LogP contribution is -2.01. The molecule has 4 nitrogen and oxygen atoms in total. The average Bonchev–Trinajstić information content (AvgIpc) is 2.97. The van der Waals surface area contributed by atoms with Gasteiger partial charge < -0.3 is 4.74 Å². The highest BCUT2D eigenvalue weighted by atomic mass is 35.5. The summed E-state index contributed by atoms with van der Waals surface area (Å²) in [7, 11) is 1.62. The van der Waals surface area contributed by atoms with E-state index in [-0.39, 0.29) is 5.82 Å². The minimum absolute atomic E-state index is 0.335. The van der Waals surface area contributed by atoms with E-state index in [9.17, 15) is 4.39 Å². The first-order valence-corrected chi connectivity index (χ1v) is 9.35. The lowest BCUT2D eigenvalue weighted by molar-refractivity contribution is 0.414. The van der Waals surface area contributed by atoms with Gasteiger partial charge in [-0.2, -0.15) is 5.10 Å². The third-order valence-corrected chi connectivity index (χ3v) is 5.16. The predicted octanol–water partition coefficient (Wildman–Crippen LogP) is 5.16. The first-order chi connectivity index (χ1) is 12.1. The fourth-order valence-electron chi connectivity index (χ4n) is 2.33. The molecular formula is C17H15ClFN3OS2. The Morgan fingerprint density at radius 1 is 1.28 bits per heavy atom. The standard InChI is InChI=1S/C17H15ClFN3OS2/c1-23-14-4-2-3-13(8-14)22-16(20-21-17(22)24)10-25-9-11-5-6-12(19)7-15(11)18/h2-8H,9-10H2,1H3,(H,21,24). The molecule has 3 aromatic rings. The van der Waals surface area contributed by atoms with E-state index in [4.69, 9.17) is 28.6 Å². The molecule has 0 aliphatic carbocycles. The van der Waals surface area contributed by atoms with Crippen LogP contribution in [0.1, 0.15) is 11.4 Å². The number of nitrogens with one attached hydrogen (secondary N) is 1. The summed E-state index contributed by atoms with van der Waals surface area (Å²) in [5, 5.41) is 7.56. The molecule has 0 aliphatic rings. The third-order valence-electron chi connectivity index (χ3n) is 3.56. The van der Waals surface area contributed by atoms with E-state index >= 15 is 0 Å². The molecular weight excluding hydrogens is 381 g/mol. The molecule has 2 aromatic carbocycles. The number of rotatable bonds is 6. The van der Waals surface area contributed by atoms with Crippen LogP contribution in [0.3, 0.4) is 0 Å². The number of hydrogen-bond acceptors (Lipinski definition) is 4. The number of benzene rings is 2. The van der Waals surface area contributed by atoms with Crippen LogP contribution in [0.2, 0.25) is 5.02 Å². The van der Waals surface area contributed by atoms with Gasteiger partial charge in [-0.05, 0) is 42.0 Å². The monoisotopic (exact) mass is 395 g/mol. The van der Waals surface area contributed by atoms with Crippen molar-refractivity contribution >= 4 is 35.6 Å². The van der Waals surface area contributed by atoms with Crippen LogP contribution >= 0.6 is 35.6 Å². The molecule has 1 heterocycles. The second-order valence-electron chi connectivity index (χ2n) is 5.21. The van der Waals surface area contributed by atoms with Gasteiger partial charge >= 0.3 is 0 Å². The second-order valence-corrected chi connectivity index (χ2v) is 6.99. The first kappa shape index (κ1) is 18.0. The van der Waals surface area contributed by atoms with E-state index < -0.39 is 0 Å². The summed E-state index contributed by atoms with van der Waals surface area (Å²) < 4.78 is 20.8. The Kier molecular flexibility index (Phi) is 5.78. The zero-order chi connectivity index (χ0) is 17.8. The van der Waals surface area contributed by atoms with Crippen LogP contribution in [0, 0.1) is 10.6 Å². The summed E-state index contributed by atoms with van der Waals surface area (Å²) in [6.07, 6.45) is 0. The van der Waals surface area contributed by atoms with Crippen LogP contribution in [0.15, 0.2) is 42.5 Å². The topological polar surface area (TPSA) is 42.8 Å². The molecule has 130 valence electrons. The molecule has 0 saturated heterocycles. The van der Waals surface area contributed by atoms with Crippen molar-refractivity contribution in [2.24, 2.45) is 0 Å². The highest BCUT2D eigenvalue weighted by molar-refractivity contribution is 7.97. The van der Waals surface area contributed by atoms with E-state index in [1.165, 1.54) is 12.1 Å². The highest BCUT2D eigenvalue weighted by Crippen LogP contribution is 2.25. The smallest absolute Gasteiger partial charge is 0.199 e. The first-order valence-electron chi connectivity index (χ1n) is 7.41. The van der Waals surface area contributed by atoms with Gasteiger partial charge in [-0.1, -0.05) is 23.7 Å². The number of aromatic amines is 1. The van der Waals surface area contributed by atoms with Gasteiger partial charge in [0, 0.05) is 16.8 Å². The summed E-state index contributed by atoms with van der Waals surface area (Å²) in [4.78, 5) is 0. The van der Waals surface area contributed by atoms with Crippen LogP contribution in [0.4, 0.5) is 4.39 Å². The molecule has 1 aromatic heterocycles. The van der Waals surface area contributed by atoms with Crippen molar-refractivity contribution in [3.8, 4) is 11.4 Å². The zero-order valence-corrected chi connectivity index (χ0v) is 15.7. The molecule has 3 rings (SSSR count). The number of nitrogens with zero attached hydrogens (tertiary/aromatic N) is 2. The van der Waals surface area contributed by atoms with Gasteiger partial charge in [-0.25, -0.2) is 4.39 Å². The minimum Gasteiger partial charge on any atom is -0.497 e. The Labute approximate surface area is 159 Å². The molecule has 0 amide bonds. The van der Waals surface area contributed by atoms with Gasteiger partial charge in [0.25, 0.3) is 0 Å². The Morgan fingerprint density at radius 3 is 2.88 bits per heavy atom. The van der Waals surface area contributed by atoms with E-state index in [0.717, 1.165) is 22.8 Å². The molecule has 0 aliphatic heterocycles. The Balaban J connectivity index is 1.76. The molecule has 0 atom stereocenters. The van der Waals surface area contributed by atoms with Crippen molar-refractivity contribution in [1.82, 2.24) is 14.8 Å². The van der Waals surface area contributed by atoms with Crippen LogP contribution in [-0.4, -0.2) is 21.9 Å². The second kappa shape index (κ2) is 8.03. The summed E-state index contributed by atoms with van der Waals surface area (Å²) >= 11 is 13.0. The highest BCUT2D eigenvalue weighted by Gasteiger charge is 2.10. The number of H-pyrrole nitrogens is 1. The van der Waals surface area contributed by atoms with E-state index in [1.54, 1.807) is 24.9 Å². The summed E-state index contributed by atoms with van der Waals surface area (Å²) in [6, 6.07) is 12.0. The van der Waals surface area contributed by atoms with Gasteiger partial charge in [-0.3, -0.25) is 9.67 Å². The lowest BCUT2D eigenvalue weighted by atomic mass is 10.2. The molecule has 0 unspecified atom stereocenters. The normalized spacial score (nSPS) is 10.8. The number of aromatic nitrogens is 3. The molecule has 25 heavy (non-hydrogen) atoms. The number of thioether (sulfide) groups is 1. The largest absolute Gasteiger partial charge is 0.497 e. The van der Waals surface area contributed by atoms with Crippen molar-refractivity contribution in [3.63, 3.8) is 0 Å². The van der Waals surface area contributed by atoms with E-state index in [1.807, 2.05) is 28.8 Å². The maximum Gasteiger partial charge on any atom is 0.199 e. The fraction of sp³-hybridized carbons (Fsp3) is 0.176. The van der Waals surface area contributed by atoms with Gasteiger partial charge in [0.1, 0.15) is 17.4 Å². The molecule has 0 fully saturated rings. The van der Waals surface area contributed by atoms with Crippen LogP contribution in [0.5, 0.6) is 5.75 Å². The molecule has 0 bridgehead atoms. The van der Waals surface area contributed by atoms with Gasteiger partial charge in [-0.15, -0.1) is 11.8 Å². The number of methoxy groups -OCH3 is 1. The van der Waals surface area contributed by atoms with Crippen molar-refractivity contribution in [1.29, 1.82) is 0 Å². The van der Waals surface area contributed by atoms with Crippen LogP contribution in [-0.2, 0) is 11.5 Å². The molecule has 0 spiro atoms. The van der Waals surface area contributed by atoms with Crippen molar-refractivity contribution in [2.75, 3.05) is 7.11 Å². The van der Waals surface area contributed by atoms with Gasteiger partial charge in [0.15, 0.2) is 4.77 Å². The summed E-state index contributed by atoms with van der Waals surface area (Å²) in [5.41, 5.74) is 1.77. The molecule has 0 radical (unpaired) electrons. The van der Waals surface area contributed by atoms with Gasteiger partial charge in [0.05, 0.1) is 18.6 Å². The van der Waals surface area contributed by atoms with Crippen molar-refractivity contribution in [3.05, 3.63) is 69.5 Å². The average molecular weight is 396 g/mol. The van der Waals surface area contributed by atoms with E-state index in [0.29, 0.717) is 21.3 Å². The number of ether oxygens (including phenoxy) is 1. The maximum atomic E-state index is 13.1. The minimum atomic E-state index is -0.335. The maximum absolute atomic E-state index is 13.1. The fourth-order valence-corrected chi connectivity index (χ4v) is 3.85. The molecule has 0 saturated carbocycles. The molecule has 1 N–H and O–H groups in total. The van der Waals surface area contributed by atoms with Crippen LogP contribution in [0.25, 0.3) is 5.69 Å². The Bertz CT molecular complexity index is 942. The van der Waals surface area contributed by atoms with E-state index in [2.05, 4.69) is 10.2 Å². The third kappa shape index (κ3) is 4.23. The Hall–Kier alpha value is -1.83. The quantitative estimate of drug-likeness (QED) is 0.585. The number of halogens is 2. The zero-order valence-electron chi connectivity index (χ0n) is 13.3. The summed E-state index contributed by atoms with van der Waals surface area (Å²) in [5.74, 6) is 2.48. The lowest BCUT2D eigenvalue weighted by Gasteiger charge is -2.09. The van der Waals surface area contributed by atoms with Crippen molar-refractivity contribution < 1.29 is 9.13 Å². The van der Waals surface area contributed by atoms with Crippen molar-refractivity contribution in [2.45, 2.75) is 11.5 Å². The Morgan fingerprint density at radius 2 is 2.12 bits per heavy atom. The summed E-state index contributed by atoms with van der Waals surface area (Å²) in [6.45, 7) is 0. The molecule has 8 heteroatoms. The SMILES string of the molecule is COc1cccc(-n2c(CSCc3ccc(F)cc3Cl)n[nH]c2=S)c1.